The van der Waals surface area contributed by atoms with Gasteiger partial charge in [0.25, 0.3) is 5.91 Å². The standard InChI is InChI=1S/C18H16Cl2FN3O2/c1-10(26-16-5-2-11(19)8-13(16)20)18(25)22-7-6-17-23-14-4-3-12(21)9-15(14)24-17/h2-5,8-10H,6-7H2,1H3,(H,22,25)(H,23,24). The number of H-pyrrole nitrogens is 1. The minimum absolute atomic E-state index is 0.279. The monoisotopic (exact) mass is 395 g/mol. The molecule has 0 saturated carbocycles. The lowest BCUT2D eigenvalue weighted by Gasteiger charge is -2.15. The van der Waals surface area contributed by atoms with Gasteiger partial charge in [-0.05, 0) is 43.3 Å². The Morgan fingerprint density at radius 2 is 2.12 bits per heavy atom. The molecule has 5 nitrogen and oxygen atoms in total. The molecule has 8 heteroatoms. The molecule has 1 amide bonds. The number of aromatic amines is 1. The first-order valence-electron chi connectivity index (χ1n) is 7.96. The number of imidazole rings is 1. The van der Waals surface area contributed by atoms with E-state index < -0.39 is 6.10 Å². The van der Waals surface area contributed by atoms with Gasteiger partial charge in [-0.2, -0.15) is 0 Å². The second-order valence-electron chi connectivity index (χ2n) is 5.72. The summed E-state index contributed by atoms with van der Waals surface area (Å²) in [6.45, 7) is 1.99. The van der Waals surface area contributed by atoms with Gasteiger partial charge in [0, 0.05) is 18.0 Å². The summed E-state index contributed by atoms with van der Waals surface area (Å²) in [5, 5.41) is 3.60. The van der Waals surface area contributed by atoms with Crippen molar-refractivity contribution in [1.29, 1.82) is 0 Å². The molecule has 2 N–H and O–H groups in total. The number of carbonyl (C=O) groups is 1. The van der Waals surface area contributed by atoms with Crippen LogP contribution in [0.4, 0.5) is 4.39 Å². The van der Waals surface area contributed by atoms with E-state index in [-0.39, 0.29) is 11.7 Å². The normalized spacial score (nSPS) is 12.2. The molecule has 0 radical (unpaired) electrons. The second-order valence-corrected chi connectivity index (χ2v) is 6.56. The maximum Gasteiger partial charge on any atom is 0.260 e. The zero-order valence-electron chi connectivity index (χ0n) is 13.9. The van der Waals surface area contributed by atoms with Gasteiger partial charge in [0.15, 0.2) is 6.10 Å². The number of hydrogen-bond donors (Lipinski definition) is 2. The Morgan fingerprint density at radius 3 is 2.88 bits per heavy atom. The lowest BCUT2D eigenvalue weighted by atomic mass is 10.3. The number of carbonyl (C=O) groups excluding carboxylic acids is 1. The summed E-state index contributed by atoms with van der Waals surface area (Å²) in [5.74, 6) is 0.448. The van der Waals surface area contributed by atoms with Crippen molar-refractivity contribution in [2.45, 2.75) is 19.4 Å². The molecular weight excluding hydrogens is 380 g/mol. The Balaban J connectivity index is 1.52. The Hall–Kier alpha value is -2.31. The summed E-state index contributed by atoms with van der Waals surface area (Å²) >= 11 is 11.9. The van der Waals surface area contributed by atoms with Gasteiger partial charge in [-0.1, -0.05) is 23.2 Å². The molecule has 3 aromatic rings. The van der Waals surface area contributed by atoms with Crippen molar-refractivity contribution in [1.82, 2.24) is 15.3 Å². The SMILES string of the molecule is CC(Oc1ccc(Cl)cc1Cl)C(=O)NCCc1nc2ccc(F)cc2[nH]1. The Morgan fingerprint density at radius 1 is 1.31 bits per heavy atom. The summed E-state index contributed by atoms with van der Waals surface area (Å²) < 4.78 is 18.7. The first kappa shape index (κ1) is 18.5. The number of benzene rings is 2. The minimum Gasteiger partial charge on any atom is -0.479 e. The molecule has 1 aromatic heterocycles. The van der Waals surface area contributed by atoms with Crippen LogP contribution >= 0.6 is 23.2 Å². The van der Waals surface area contributed by atoms with Crippen molar-refractivity contribution in [3.05, 3.63) is 58.1 Å². The highest BCUT2D eigenvalue weighted by atomic mass is 35.5. The van der Waals surface area contributed by atoms with E-state index in [0.717, 1.165) is 0 Å². The fourth-order valence-electron chi connectivity index (χ4n) is 2.42. The molecule has 0 saturated heterocycles. The number of nitrogens with zero attached hydrogens (tertiary/aromatic N) is 1. The third kappa shape index (κ3) is 4.45. The van der Waals surface area contributed by atoms with Crippen LogP contribution < -0.4 is 10.1 Å². The summed E-state index contributed by atoms with van der Waals surface area (Å²) in [6, 6.07) is 9.15. The highest BCUT2D eigenvalue weighted by Gasteiger charge is 2.16. The quantitative estimate of drug-likeness (QED) is 0.658. The van der Waals surface area contributed by atoms with Gasteiger partial charge in [-0.15, -0.1) is 0 Å². The van der Waals surface area contributed by atoms with Crippen molar-refractivity contribution < 1.29 is 13.9 Å². The molecule has 1 atom stereocenters. The molecule has 0 bridgehead atoms. The summed E-state index contributed by atoms with van der Waals surface area (Å²) in [5.41, 5.74) is 1.31. The van der Waals surface area contributed by atoms with Gasteiger partial charge in [-0.3, -0.25) is 4.79 Å². The van der Waals surface area contributed by atoms with Crippen LogP contribution in [0.2, 0.25) is 10.0 Å². The topological polar surface area (TPSA) is 67.0 Å². The molecule has 2 aromatic carbocycles. The smallest absolute Gasteiger partial charge is 0.260 e. The summed E-state index contributed by atoms with van der Waals surface area (Å²) in [7, 11) is 0. The van der Waals surface area contributed by atoms with Gasteiger partial charge in [0.2, 0.25) is 0 Å². The average molecular weight is 396 g/mol. The van der Waals surface area contributed by atoms with Crippen LogP contribution in [0.3, 0.4) is 0 Å². The van der Waals surface area contributed by atoms with Gasteiger partial charge in [0.1, 0.15) is 17.4 Å². The van der Waals surface area contributed by atoms with Crippen LogP contribution in [0, 0.1) is 5.82 Å². The largest absolute Gasteiger partial charge is 0.479 e. The van der Waals surface area contributed by atoms with E-state index in [4.69, 9.17) is 27.9 Å². The Bertz CT molecular complexity index is 945. The maximum atomic E-state index is 13.2. The van der Waals surface area contributed by atoms with Crippen LogP contribution in [0.25, 0.3) is 11.0 Å². The lowest BCUT2D eigenvalue weighted by Crippen LogP contribution is -2.37. The van der Waals surface area contributed by atoms with E-state index >= 15 is 0 Å². The van der Waals surface area contributed by atoms with Crippen molar-refractivity contribution >= 4 is 40.1 Å². The predicted octanol–water partition coefficient (Wildman–Crippen LogP) is 4.14. The molecule has 1 heterocycles. The number of aromatic nitrogens is 2. The number of nitrogens with one attached hydrogen (secondary N) is 2. The molecular formula is C18H16Cl2FN3O2. The first-order chi connectivity index (χ1) is 12.4. The number of halogens is 3. The van der Waals surface area contributed by atoms with E-state index in [2.05, 4.69) is 15.3 Å². The molecule has 26 heavy (non-hydrogen) atoms. The van der Waals surface area contributed by atoms with Crippen LogP contribution in [0.15, 0.2) is 36.4 Å². The third-order valence-electron chi connectivity index (χ3n) is 3.72. The molecule has 0 fully saturated rings. The van der Waals surface area contributed by atoms with Gasteiger partial charge in [0.05, 0.1) is 16.1 Å². The first-order valence-corrected chi connectivity index (χ1v) is 8.71. The van der Waals surface area contributed by atoms with Gasteiger partial charge in [-0.25, -0.2) is 9.37 Å². The fourth-order valence-corrected chi connectivity index (χ4v) is 2.87. The van der Waals surface area contributed by atoms with Crippen LogP contribution in [-0.2, 0) is 11.2 Å². The zero-order valence-corrected chi connectivity index (χ0v) is 15.4. The molecule has 136 valence electrons. The van der Waals surface area contributed by atoms with Crippen LogP contribution in [0.1, 0.15) is 12.7 Å². The van der Waals surface area contributed by atoms with Crippen molar-refractivity contribution in [2.24, 2.45) is 0 Å². The fraction of sp³-hybridized carbons (Fsp3) is 0.222. The second kappa shape index (κ2) is 7.93. The maximum absolute atomic E-state index is 13.2. The minimum atomic E-state index is -0.724. The van der Waals surface area contributed by atoms with Crippen LogP contribution in [-0.4, -0.2) is 28.5 Å². The average Bonchev–Trinajstić information content (AvgIpc) is 2.99. The van der Waals surface area contributed by atoms with Crippen LogP contribution in [0.5, 0.6) is 5.75 Å². The van der Waals surface area contributed by atoms with Crippen molar-refractivity contribution in [3.8, 4) is 5.75 Å². The number of ether oxygens (including phenoxy) is 1. The molecule has 0 aliphatic rings. The van der Waals surface area contributed by atoms with E-state index in [1.807, 2.05) is 0 Å². The lowest BCUT2D eigenvalue weighted by molar-refractivity contribution is -0.127. The van der Waals surface area contributed by atoms with E-state index in [1.54, 1.807) is 31.2 Å². The number of amides is 1. The van der Waals surface area contributed by atoms with Crippen molar-refractivity contribution in [2.75, 3.05) is 6.54 Å². The Kier molecular flexibility index (Phi) is 5.64. The number of fused-ring (bicyclic) bond motifs is 1. The number of rotatable bonds is 6. The summed E-state index contributed by atoms with van der Waals surface area (Å²) in [6.07, 6.45) is -0.241. The third-order valence-corrected chi connectivity index (χ3v) is 4.25. The van der Waals surface area contributed by atoms with Gasteiger partial charge >= 0.3 is 0 Å². The highest BCUT2D eigenvalue weighted by Crippen LogP contribution is 2.28. The molecule has 0 aliphatic carbocycles. The molecule has 3 rings (SSSR count). The van der Waals surface area contributed by atoms with E-state index in [9.17, 15) is 9.18 Å². The van der Waals surface area contributed by atoms with Gasteiger partial charge < -0.3 is 15.0 Å². The zero-order chi connectivity index (χ0) is 18.7. The Labute approximate surface area is 159 Å². The van der Waals surface area contributed by atoms with Crippen molar-refractivity contribution in [3.63, 3.8) is 0 Å². The van der Waals surface area contributed by atoms with E-state index in [0.29, 0.717) is 45.6 Å². The molecule has 0 aliphatic heterocycles. The summed E-state index contributed by atoms with van der Waals surface area (Å²) in [4.78, 5) is 19.5. The predicted molar refractivity (Wildman–Crippen MR) is 99.3 cm³/mol. The highest BCUT2D eigenvalue weighted by molar-refractivity contribution is 6.35. The molecule has 1 unspecified atom stereocenters. The van der Waals surface area contributed by atoms with E-state index in [1.165, 1.54) is 12.1 Å². The molecule has 0 spiro atoms. The number of hydrogen-bond acceptors (Lipinski definition) is 3.